The molecule has 0 saturated carbocycles. The third kappa shape index (κ3) is 6.39. The SMILES string of the molecule is COc1cc(OC)cc(C(=O)C(=O)c2ccc(OC)c(-c3cc(C(=O)C(=O)c4cc(OC)cc(OC)c4)ccc3OC)c2)c1. The van der Waals surface area contributed by atoms with Crippen molar-refractivity contribution in [3.8, 4) is 45.6 Å². The number of hydrogen-bond acceptors (Lipinski definition) is 10. The molecule has 4 rings (SSSR count). The Morgan fingerprint density at radius 2 is 0.659 bits per heavy atom. The van der Waals surface area contributed by atoms with E-state index in [0.717, 1.165) is 0 Å². The molecule has 0 aliphatic heterocycles. The molecule has 0 atom stereocenters. The van der Waals surface area contributed by atoms with Gasteiger partial charge in [-0.25, -0.2) is 0 Å². The van der Waals surface area contributed by atoms with Gasteiger partial charge >= 0.3 is 0 Å². The van der Waals surface area contributed by atoms with E-state index in [-0.39, 0.29) is 22.3 Å². The largest absolute Gasteiger partial charge is 0.497 e. The summed E-state index contributed by atoms with van der Waals surface area (Å²) in [7, 11) is 8.63. The van der Waals surface area contributed by atoms with E-state index in [1.165, 1.54) is 103 Å². The molecule has 0 aliphatic carbocycles. The van der Waals surface area contributed by atoms with E-state index in [2.05, 4.69) is 0 Å². The number of methoxy groups -OCH3 is 6. The maximum absolute atomic E-state index is 13.4. The number of Topliss-reactive ketones (excluding diaryl/α,β-unsaturated/α-hetero) is 4. The molecular weight excluding hydrogens is 568 g/mol. The molecule has 226 valence electrons. The van der Waals surface area contributed by atoms with Crippen molar-refractivity contribution in [3.05, 3.63) is 95.1 Å². The fourth-order valence-electron chi connectivity index (χ4n) is 4.52. The molecule has 0 unspecified atom stereocenters. The number of hydrogen-bond donors (Lipinski definition) is 0. The maximum atomic E-state index is 13.4. The number of benzene rings is 4. The van der Waals surface area contributed by atoms with Gasteiger partial charge in [-0.15, -0.1) is 0 Å². The third-order valence-electron chi connectivity index (χ3n) is 6.85. The fraction of sp³-hybridized carbons (Fsp3) is 0.176. The molecule has 0 N–H and O–H groups in total. The van der Waals surface area contributed by atoms with Crippen LogP contribution in [-0.4, -0.2) is 65.8 Å². The molecule has 10 heteroatoms. The number of rotatable bonds is 13. The minimum atomic E-state index is -0.794. The Morgan fingerprint density at radius 3 is 0.932 bits per heavy atom. The van der Waals surface area contributed by atoms with Crippen molar-refractivity contribution in [1.82, 2.24) is 0 Å². The summed E-state index contributed by atoms with van der Waals surface area (Å²) in [6.07, 6.45) is 0. The van der Waals surface area contributed by atoms with Crippen LogP contribution in [0.5, 0.6) is 34.5 Å². The van der Waals surface area contributed by atoms with E-state index in [1.807, 2.05) is 0 Å². The van der Waals surface area contributed by atoms with Crippen LogP contribution in [0, 0.1) is 0 Å². The Kier molecular flexibility index (Phi) is 9.64. The lowest BCUT2D eigenvalue weighted by Crippen LogP contribution is -2.15. The van der Waals surface area contributed by atoms with Crippen molar-refractivity contribution in [2.24, 2.45) is 0 Å². The Bertz CT molecular complexity index is 1580. The lowest BCUT2D eigenvalue weighted by molar-refractivity contribution is 0.0816. The second-order valence-corrected chi connectivity index (χ2v) is 9.35. The van der Waals surface area contributed by atoms with E-state index in [9.17, 15) is 19.2 Å². The highest BCUT2D eigenvalue weighted by molar-refractivity contribution is 6.50. The van der Waals surface area contributed by atoms with Gasteiger partial charge in [0, 0.05) is 45.5 Å². The van der Waals surface area contributed by atoms with Gasteiger partial charge in [-0.05, 0) is 60.7 Å². The van der Waals surface area contributed by atoms with Crippen LogP contribution in [0.4, 0.5) is 0 Å². The van der Waals surface area contributed by atoms with Gasteiger partial charge in [-0.2, -0.15) is 0 Å². The first-order valence-corrected chi connectivity index (χ1v) is 13.2. The van der Waals surface area contributed by atoms with Crippen molar-refractivity contribution in [2.45, 2.75) is 0 Å². The third-order valence-corrected chi connectivity index (χ3v) is 6.85. The molecule has 4 aromatic carbocycles. The first-order chi connectivity index (χ1) is 21.2. The van der Waals surface area contributed by atoms with E-state index in [1.54, 1.807) is 12.1 Å². The molecule has 0 bridgehead atoms. The van der Waals surface area contributed by atoms with Crippen molar-refractivity contribution < 1.29 is 47.6 Å². The van der Waals surface area contributed by atoms with Gasteiger partial charge in [0.25, 0.3) is 0 Å². The average Bonchev–Trinajstić information content (AvgIpc) is 3.08. The van der Waals surface area contributed by atoms with Crippen LogP contribution < -0.4 is 28.4 Å². The predicted octanol–water partition coefficient (Wildman–Crippen LogP) is 5.54. The van der Waals surface area contributed by atoms with Crippen LogP contribution in [-0.2, 0) is 0 Å². The molecule has 0 amide bonds. The highest BCUT2D eigenvalue weighted by Crippen LogP contribution is 2.38. The standard InChI is InChI=1S/C34H30O10/c1-39-23-11-21(12-24(17-23)40-2)33(37)31(35)19-7-9-29(43-5)27(15-19)28-16-20(8-10-30(28)44-6)32(36)34(38)22-13-25(41-3)18-26(14-22)42-4/h7-18H,1-6H3. The summed E-state index contributed by atoms with van der Waals surface area (Å²) >= 11 is 0. The van der Waals surface area contributed by atoms with Crippen molar-refractivity contribution in [3.63, 3.8) is 0 Å². The molecule has 4 aromatic rings. The molecule has 0 aliphatic rings. The zero-order valence-electron chi connectivity index (χ0n) is 25.0. The number of carbonyl (C=O) groups excluding carboxylic acids is 4. The topological polar surface area (TPSA) is 124 Å². The second kappa shape index (κ2) is 13.6. The summed E-state index contributed by atoms with van der Waals surface area (Å²) < 4.78 is 32.0. The first kappa shape index (κ1) is 31.3. The Balaban J connectivity index is 1.76. The molecular formula is C34H30O10. The highest BCUT2D eigenvalue weighted by atomic mass is 16.5. The zero-order valence-corrected chi connectivity index (χ0v) is 25.0. The quantitative estimate of drug-likeness (QED) is 0.143. The molecule has 0 aromatic heterocycles. The molecule has 0 spiro atoms. The average molecular weight is 599 g/mol. The van der Waals surface area contributed by atoms with Crippen LogP contribution in [0.1, 0.15) is 41.4 Å². The van der Waals surface area contributed by atoms with Crippen molar-refractivity contribution in [2.75, 3.05) is 42.7 Å². The summed E-state index contributed by atoms with van der Waals surface area (Å²) in [5, 5.41) is 0. The van der Waals surface area contributed by atoms with Crippen LogP contribution >= 0.6 is 0 Å². The smallest absolute Gasteiger partial charge is 0.233 e. The van der Waals surface area contributed by atoms with E-state index in [4.69, 9.17) is 28.4 Å². The lowest BCUT2D eigenvalue weighted by atomic mass is 9.93. The predicted molar refractivity (Wildman–Crippen MR) is 161 cm³/mol. The molecule has 10 nitrogen and oxygen atoms in total. The Labute approximate surface area is 254 Å². The normalized spacial score (nSPS) is 10.4. The summed E-state index contributed by atoms with van der Waals surface area (Å²) in [4.78, 5) is 53.2. The molecule has 0 fully saturated rings. The minimum Gasteiger partial charge on any atom is -0.497 e. The second-order valence-electron chi connectivity index (χ2n) is 9.35. The van der Waals surface area contributed by atoms with Crippen LogP contribution in [0.15, 0.2) is 72.8 Å². The van der Waals surface area contributed by atoms with Gasteiger partial charge in [0.15, 0.2) is 0 Å². The number of ketones is 4. The van der Waals surface area contributed by atoms with Gasteiger partial charge in [0.2, 0.25) is 23.1 Å². The van der Waals surface area contributed by atoms with Crippen LogP contribution in [0.3, 0.4) is 0 Å². The molecule has 0 heterocycles. The monoisotopic (exact) mass is 598 g/mol. The van der Waals surface area contributed by atoms with E-state index in [0.29, 0.717) is 45.6 Å². The van der Waals surface area contributed by atoms with E-state index < -0.39 is 23.1 Å². The molecule has 0 saturated heterocycles. The Morgan fingerprint density at radius 1 is 0.364 bits per heavy atom. The van der Waals surface area contributed by atoms with Gasteiger partial charge < -0.3 is 28.4 Å². The number of carbonyl (C=O) groups is 4. The highest BCUT2D eigenvalue weighted by Gasteiger charge is 2.25. The summed E-state index contributed by atoms with van der Waals surface area (Å²) in [6.45, 7) is 0. The minimum absolute atomic E-state index is 0.0610. The van der Waals surface area contributed by atoms with Crippen molar-refractivity contribution >= 4 is 23.1 Å². The lowest BCUT2D eigenvalue weighted by Gasteiger charge is -2.15. The zero-order chi connectivity index (χ0) is 32.0. The van der Waals surface area contributed by atoms with Crippen LogP contribution in [0.25, 0.3) is 11.1 Å². The summed E-state index contributed by atoms with van der Waals surface area (Å²) in [5.41, 5.74) is 1.01. The number of ether oxygens (including phenoxy) is 6. The molecule has 0 radical (unpaired) electrons. The van der Waals surface area contributed by atoms with Crippen LogP contribution in [0.2, 0.25) is 0 Å². The fourth-order valence-corrected chi connectivity index (χ4v) is 4.52. The molecule has 44 heavy (non-hydrogen) atoms. The summed E-state index contributed by atoms with van der Waals surface area (Å²) in [5.74, 6) is -1.08. The van der Waals surface area contributed by atoms with Crippen molar-refractivity contribution in [1.29, 1.82) is 0 Å². The first-order valence-electron chi connectivity index (χ1n) is 13.2. The van der Waals surface area contributed by atoms with Gasteiger partial charge in [-0.1, -0.05) is 0 Å². The maximum Gasteiger partial charge on any atom is 0.233 e. The Hall–Kier alpha value is -5.64. The van der Waals surface area contributed by atoms with E-state index >= 15 is 0 Å². The van der Waals surface area contributed by atoms with Gasteiger partial charge in [-0.3, -0.25) is 19.2 Å². The van der Waals surface area contributed by atoms with Gasteiger partial charge in [0.1, 0.15) is 34.5 Å². The van der Waals surface area contributed by atoms with Gasteiger partial charge in [0.05, 0.1) is 42.7 Å². The summed E-state index contributed by atoms with van der Waals surface area (Å²) in [6, 6.07) is 17.9.